The zero-order valence-corrected chi connectivity index (χ0v) is 18.7. The molecule has 2 aromatic rings. The summed E-state index contributed by atoms with van der Waals surface area (Å²) in [6.45, 7) is 4.75. The van der Waals surface area contributed by atoms with Crippen LogP contribution in [0.5, 0.6) is 5.75 Å². The lowest BCUT2D eigenvalue weighted by molar-refractivity contribution is -0.141. The van der Waals surface area contributed by atoms with Crippen molar-refractivity contribution in [2.75, 3.05) is 6.61 Å². The number of hydrogen-bond donors (Lipinski definition) is 1. The molecule has 2 fully saturated rings. The number of carbonyl (C=O) groups excluding carboxylic acids is 2. The predicted molar refractivity (Wildman–Crippen MR) is 122 cm³/mol. The van der Waals surface area contributed by atoms with Crippen molar-refractivity contribution in [2.45, 2.75) is 58.0 Å². The average Bonchev–Trinajstić information content (AvgIpc) is 3.09. The molecule has 1 unspecified atom stereocenters. The summed E-state index contributed by atoms with van der Waals surface area (Å²) in [4.78, 5) is 32.1. The number of hydrogen-bond acceptors (Lipinski definition) is 5. The Bertz CT molecular complexity index is 992. The molecule has 1 atom stereocenters. The summed E-state index contributed by atoms with van der Waals surface area (Å²) in [5.41, 5.74) is 1.41. The van der Waals surface area contributed by atoms with Crippen LogP contribution in [0.4, 0.5) is 0 Å². The number of aliphatic hydroxyl groups is 1. The number of nitrogens with zero attached hydrogens (tertiary/aromatic N) is 2. The number of ether oxygens (including phenoxy) is 1. The molecule has 4 rings (SSSR count). The fraction of sp³-hybridized carbons (Fsp3) is 0.423. The van der Waals surface area contributed by atoms with Crippen LogP contribution in [-0.4, -0.2) is 39.3 Å². The Morgan fingerprint density at radius 3 is 2.34 bits per heavy atom. The highest BCUT2D eigenvalue weighted by molar-refractivity contribution is 6.46. The zero-order chi connectivity index (χ0) is 22.7. The van der Waals surface area contributed by atoms with Crippen molar-refractivity contribution in [1.29, 1.82) is 0 Å². The Balaban J connectivity index is 1.73. The van der Waals surface area contributed by atoms with Crippen molar-refractivity contribution in [3.8, 4) is 5.75 Å². The van der Waals surface area contributed by atoms with Gasteiger partial charge in [0.05, 0.1) is 18.2 Å². The molecule has 1 aliphatic heterocycles. The van der Waals surface area contributed by atoms with E-state index in [1.165, 1.54) is 0 Å². The molecule has 6 heteroatoms. The summed E-state index contributed by atoms with van der Waals surface area (Å²) in [5, 5.41) is 11.2. The van der Waals surface area contributed by atoms with Gasteiger partial charge in [-0.05, 0) is 60.7 Å². The minimum atomic E-state index is -0.630. The van der Waals surface area contributed by atoms with Gasteiger partial charge in [-0.1, -0.05) is 33.1 Å². The minimum absolute atomic E-state index is 0.00419. The lowest BCUT2D eigenvalue weighted by Gasteiger charge is -2.35. The second-order valence-electron chi connectivity index (χ2n) is 9.01. The van der Waals surface area contributed by atoms with E-state index in [1.54, 1.807) is 41.6 Å². The average molecular weight is 435 g/mol. The number of amides is 1. The molecule has 1 aromatic carbocycles. The van der Waals surface area contributed by atoms with Gasteiger partial charge in [0, 0.05) is 24.0 Å². The van der Waals surface area contributed by atoms with Crippen LogP contribution < -0.4 is 4.74 Å². The first-order valence-electron chi connectivity index (χ1n) is 11.4. The normalized spacial score (nSPS) is 21.3. The van der Waals surface area contributed by atoms with E-state index < -0.39 is 17.7 Å². The second-order valence-corrected chi connectivity index (χ2v) is 9.01. The lowest BCUT2D eigenvalue weighted by Crippen LogP contribution is -2.40. The highest BCUT2D eigenvalue weighted by Gasteiger charge is 2.48. The number of likely N-dealkylation sites (tertiary alicyclic amines) is 1. The van der Waals surface area contributed by atoms with Crippen LogP contribution in [0.2, 0.25) is 0 Å². The van der Waals surface area contributed by atoms with Crippen LogP contribution >= 0.6 is 0 Å². The van der Waals surface area contributed by atoms with E-state index in [4.69, 9.17) is 4.74 Å². The molecule has 0 bridgehead atoms. The smallest absolute Gasteiger partial charge is 0.295 e. The van der Waals surface area contributed by atoms with Gasteiger partial charge in [-0.2, -0.15) is 0 Å². The largest absolute Gasteiger partial charge is 0.507 e. The van der Waals surface area contributed by atoms with Gasteiger partial charge >= 0.3 is 0 Å². The molecule has 2 heterocycles. The third kappa shape index (κ3) is 4.40. The second kappa shape index (κ2) is 9.55. The maximum atomic E-state index is 13.2. The molecular formula is C26H30N2O4. The molecule has 0 spiro atoms. The number of carbonyl (C=O) groups is 2. The molecular weight excluding hydrogens is 404 g/mol. The van der Waals surface area contributed by atoms with Crippen LogP contribution in [0, 0.1) is 5.92 Å². The SMILES string of the molecule is CC(C)COc1ccc(/C(O)=C2/C(=O)C(=O)N(C3CCCCC3)C2c2ccncc2)cc1. The van der Waals surface area contributed by atoms with Crippen LogP contribution in [0.25, 0.3) is 5.76 Å². The molecule has 1 saturated carbocycles. The van der Waals surface area contributed by atoms with Crippen molar-refractivity contribution in [1.82, 2.24) is 9.88 Å². The van der Waals surface area contributed by atoms with E-state index in [0.29, 0.717) is 23.8 Å². The number of benzene rings is 1. The highest BCUT2D eigenvalue weighted by atomic mass is 16.5. The fourth-order valence-electron chi connectivity index (χ4n) is 4.59. The summed E-state index contributed by atoms with van der Waals surface area (Å²) >= 11 is 0. The van der Waals surface area contributed by atoms with E-state index in [2.05, 4.69) is 18.8 Å². The maximum Gasteiger partial charge on any atom is 0.295 e. The van der Waals surface area contributed by atoms with E-state index in [9.17, 15) is 14.7 Å². The maximum absolute atomic E-state index is 13.2. The topological polar surface area (TPSA) is 79.7 Å². The molecule has 1 aliphatic carbocycles. The monoisotopic (exact) mass is 434 g/mol. The van der Waals surface area contributed by atoms with Gasteiger partial charge in [-0.15, -0.1) is 0 Å². The Kier molecular flexibility index (Phi) is 6.58. The number of rotatable bonds is 6. The first-order valence-corrected chi connectivity index (χ1v) is 11.4. The van der Waals surface area contributed by atoms with Crippen molar-refractivity contribution < 1.29 is 19.4 Å². The summed E-state index contributed by atoms with van der Waals surface area (Å²) < 4.78 is 5.72. The molecule has 1 N–H and O–H groups in total. The number of aliphatic hydroxyl groups excluding tert-OH is 1. The van der Waals surface area contributed by atoms with Crippen molar-refractivity contribution in [3.05, 3.63) is 65.5 Å². The molecule has 6 nitrogen and oxygen atoms in total. The van der Waals surface area contributed by atoms with Gasteiger partial charge in [0.1, 0.15) is 11.5 Å². The molecule has 1 saturated heterocycles. The van der Waals surface area contributed by atoms with E-state index in [-0.39, 0.29) is 17.4 Å². The van der Waals surface area contributed by atoms with Crippen LogP contribution in [0.3, 0.4) is 0 Å². The van der Waals surface area contributed by atoms with E-state index in [0.717, 1.165) is 37.7 Å². The number of ketones is 1. The standard InChI is InChI=1S/C26H30N2O4/c1-17(2)16-32-21-10-8-19(9-11-21)24(29)22-23(18-12-14-27-15-13-18)28(26(31)25(22)30)20-6-4-3-5-7-20/h8-15,17,20,23,29H,3-7,16H2,1-2H3/b24-22-. The summed E-state index contributed by atoms with van der Waals surface area (Å²) in [5.74, 6) is -0.214. The van der Waals surface area contributed by atoms with Gasteiger partial charge in [0.2, 0.25) is 0 Å². The number of Topliss-reactive ketones (excluding diaryl/α,β-unsaturated/α-hetero) is 1. The molecule has 0 radical (unpaired) electrons. The van der Waals surface area contributed by atoms with Gasteiger partial charge in [0.25, 0.3) is 11.7 Å². The summed E-state index contributed by atoms with van der Waals surface area (Å²) in [7, 11) is 0. The number of pyridine rings is 1. The van der Waals surface area contributed by atoms with Crippen molar-refractivity contribution in [2.24, 2.45) is 5.92 Å². The van der Waals surface area contributed by atoms with Crippen LogP contribution in [0.1, 0.15) is 63.1 Å². The molecule has 1 amide bonds. The summed E-state index contributed by atoms with van der Waals surface area (Å²) in [6, 6.07) is 10.00. The van der Waals surface area contributed by atoms with Crippen LogP contribution in [0.15, 0.2) is 54.4 Å². The lowest BCUT2D eigenvalue weighted by atomic mass is 9.91. The number of aromatic nitrogens is 1. The van der Waals surface area contributed by atoms with Gasteiger partial charge < -0.3 is 14.7 Å². The first-order chi connectivity index (χ1) is 15.5. The molecule has 2 aliphatic rings. The Morgan fingerprint density at radius 2 is 1.72 bits per heavy atom. The summed E-state index contributed by atoms with van der Waals surface area (Å²) in [6.07, 6.45) is 8.26. The zero-order valence-electron chi connectivity index (χ0n) is 18.7. The molecule has 168 valence electrons. The Hall–Kier alpha value is -3.15. The first kappa shape index (κ1) is 22.1. The van der Waals surface area contributed by atoms with Gasteiger partial charge in [-0.3, -0.25) is 14.6 Å². The quantitative estimate of drug-likeness (QED) is 0.399. The van der Waals surface area contributed by atoms with E-state index in [1.807, 2.05) is 12.1 Å². The Morgan fingerprint density at radius 1 is 1.06 bits per heavy atom. The molecule has 32 heavy (non-hydrogen) atoms. The third-order valence-electron chi connectivity index (χ3n) is 6.18. The van der Waals surface area contributed by atoms with Crippen LogP contribution in [-0.2, 0) is 9.59 Å². The Labute approximate surface area is 188 Å². The highest BCUT2D eigenvalue weighted by Crippen LogP contribution is 2.42. The third-order valence-corrected chi connectivity index (χ3v) is 6.18. The van der Waals surface area contributed by atoms with Gasteiger partial charge in [-0.25, -0.2) is 0 Å². The van der Waals surface area contributed by atoms with Gasteiger partial charge in [0.15, 0.2) is 0 Å². The minimum Gasteiger partial charge on any atom is -0.507 e. The van der Waals surface area contributed by atoms with Crippen molar-refractivity contribution >= 4 is 17.4 Å². The fourth-order valence-corrected chi connectivity index (χ4v) is 4.59. The van der Waals surface area contributed by atoms with Crippen molar-refractivity contribution in [3.63, 3.8) is 0 Å². The van der Waals surface area contributed by atoms with E-state index >= 15 is 0 Å². The molecule has 1 aromatic heterocycles. The predicted octanol–water partition coefficient (Wildman–Crippen LogP) is 4.87.